The van der Waals surface area contributed by atoms with E-state index in [2.05, 4.69) is 10.2 Å². The molecule has 138 valence electrons. The maximum atomic E-state index is 13.2. The van der Waals surface area contributed by atoms with Gasteiger partial charge in [0.1, 0.15) is 11.6 Å². The molecule has 0 atom stereocenters. The van der Waals surface area contributed by atoms with Crippen LogP contribution in [-0.2, 0) is 6.54 Å². The summed E-state index contributed by atoms with van der Waals surface area (Å²) in [6, 6.07) is 14.1. The SMILES string of the molecule is CCOc1ccccc1N1CCN(C(=O)NCc2cccc(F)c2)CC1. The van der Waals surface area contributed by atoms with E-state index in [9.17, 15) is 9.18 Å². The maximum absolute atomic E-state index is 13.2. The molecule has 3 rings (SSSR count). The second-order valence-corrected chi connectivity index (χ2v) is 6.16. The fraction of sp³-hybridized carbons (Fsp3) is 0.350. The highest BCUT2D eigenvalue weighted by Crippen LogP contribution is 2.28. The van der Waals surface area contributed by atoms with Crippen molar-refractivity contribution in [3.05, 3.63) is 59.9 Å². The average molecular weight is 357 g/mol. The Morgan fingerprint density at radius 3 is 2.62 bits per heavy atom. The molecule has 0 bridgehead atoms. The van der Waals surface area contributed by atoms with Crippen molar-refractivity contribution in [3.63, 3.8) is 0 Å². The van der Waals surface area contributed by atoms with Crippen LogP contribution >= 0.6 is 0 Å². The molecule has 0 spiro atoms. The Labute approximate surface area is 153 Å². The van der Waals surface area contributed by atoms with E-state index in [0.29, 0.717) is 26.2 Å². The molecule has 0 aliphatic carbocycles. The van der Waals surface area contributed by atoms with Crippen molar-refractivity contribution < 1.29 is 13.9 Å². The summed E-state index contributed by atoms with van der Waals surface area (Å²) in [7, 11) is 0. The number of urea groups is 1. The summed E-state index contributed by atoms with van der Waals surface area (Å²) < 4.78 is 18.9. The third-order valence-electron chi connectivity index (χ3n) is 4.41. The summed E-state index contributed by atoms with van der Waals surface area (Å²) in [5.41, 5.74) is 1.82. The first-order valence-electron chi connectivity index (χ1n) is 8.91. The standard InChI is InChI=1S/C20H24FN3O2/c1-2-26-19-9-4-3-8-18(19)23-10-12-24(13-11-23)20(25)22-15-16-6-5-7-17(21)14-16/h3-9,14H,2,10-13,15H2,1H3,(H,22,25). The van der Waals surface area contributed by atoms with E-state index in [1.807, 2.05) is 31.2 Å². The van der Waals surface area contributed by atoms with Crippen LogP contribution in [0.3, 0.4) is 0 Å². The summed E-state index contributed by atoms with van der Waals surface area (Å²) in [5, 5.41) is 2.86. The molecule has 26 heavy (non-hydrogen) atoms. The van der Waals surface area contributed by atoms with Crippen molar-refractivity contribution in [1.29, 1.82) is 0 Å². The maximum Gasteiger partial charge on any atom is 0.317 e. The molecule has 0 saturated carbocycles. The highest BCUT2D eigenvalue weighted by molar-refractivity contribution is 5.74. The van der Waals surface area contributed by atoms with Gasteiger partial charge in [-0.3, -0.25) is 0 Å². The van der Waals surface area contributed by atoms with Crippen LogP contribution in [0.25, 0.3) is 0 Å². The normalized spacial score (nSPS) is 14.2. The summed E-state index contributed by atoms with van der Waals surface area (Å²) in [5.74, 6) is 0.581. The lowest BCUT2D eigenvalue weighted by molar-refractivity contribution is 0.193. The third kappa shape index (κ3) is 4.45. The van der Waals surface area contributed by atoms with E-state index in [1.54, 1.807) is 17.0 Å². The lowest BCUT2D eigenvalue weighted by atomic mass is 10.2. The zero-order valence-corrected chi connectivity index (χ0v) is 15.0. The van der Waals surface area contributed by atoms with Crippen LogP contribution in [0, 0.1) is 5.82 Å². The van der Waals surface area contributed by atoms with Crippen LogP contribution in [-0.4, -0.2) is 43.7 Å². The van der Waals surface area contributed by atoms with Gasteiger partial charge in [0.05, 0.1) is 12.3 Å². The molecule has 1 aliphatic rings. The summed E-state index contributed by atoms with van der Waals surface area (Å²) in [6.07, 6.45) is 0. The van der Waals surface area contributed by atoms with Gasteiger partial charge < -0.3 is 19.9 Å². The lowest BCUT2D eigenvalue weighted by Crippen LogP contribution is -2.51. The Kier molecular flexibility index (Phi) is 5.94. The predicted octanol–water partition coefficient (Wildman–Crippen LogP) is 3.26. The van der Waals surface area contributed by atoms with Gasteiger partial charge in [-0.2, -0.15) is 0 Å². The Bertz CT molecular complexity index is 745. The molecule has 0 unspecified atom stereocenters. The van der Waals surface area contributed by atoms with Crippen molar-refractivity contribution in [2.45, 2.75) is 13.5 Å². The number of carbonyl (C=O) groups is 1. The summed E-state index contributed by atoms with van der Waals surface area (Å²) in [4.78, 5) is 16.4. The Morgan fingerprint density at radius 2 is 1.88 bits per heavy atom. The van der Waals surface area contributed by atoms with Crippen LogP contribution in [0.1, 0.15) is 12.5 Å². The number of hydrogen-bond acceptors (Lipinski definition) is 3. The molecule has 2 aromatic carbocycles. The van der Waals surface area contributed by atoms with Gasteiger partial charge in [0.15, 0.2) is 0 Å². The van der Waals surface area contributed by atoms with Crippen LogP contribution in [0.4, 0.5) is 14.9 Å². The molecule has 1 N–H and O–H groups in total. The van der Waals surface area contributed by atoms with E-state index < -0.39 is 0 Å². The number of amides is 2. The van der Waals surface area contributed by atoms with E-state index in [1.165, 1.54) is 12.1 Å². The zero-order chi connectivity index (χ0) is 18.4. The minimum atomic E-state index is -0.293. The zero-order valence-electron chi connectivity index (χ0n) is 15.0. The summed E-state index contributed by atoms with van der Waals surface area (Å²) >= 11 is 0. The van der Waals surface area contributed by atoms with Crippen molar-refractivity contribution in [2.75, 3.05) is 37.7 Å². The Hall–Kier alpha value is -2.76. The molecule has 1 heterocycles. The number of nitrogens with zero attached hydrogens (tertiary/aromatic N) is 2. The van der Waals surface area contributed by atoms with Crippen LogP contribution in [0.15, 0.2) is 48.5 Å². The van der Waals surface area contributed by atoms with Gasteiger partial charge in [0.2, 0.25) is 0 Å². The molecule has 2 amide bonds. The number of rotatable bonds is 5. The number of para-hydroxylation sites is 2. The topological polar surface area (TPSA) is 44.8 Å². The first-order valence-corrected chi connectivity index (χ1v) is 8.91. The van der Waals surface area contributed by atoms with E-state index in [4.69, 9.17) is 4.74 Å². The molecular formula is C20H24FN3O2. The monoisotopic (exact) mass is 357 g/mol. The largest absolute Gasteiger partial charge is 0.492 e. The number of halogens is 1. The molecule has 5 nitrogen and oxygen atoms in total. The smallest absolute Gasteiger partial charge is 0.317 e. The molecule has 1 aliphatic heterocycles. The molecular weight excluding hydrogens is 333 g/mol. The lowest BCUT2D eigenvalue weighted by Gasteiger charge is -2.36. The predicted molar refractivity (Wildman–Crippen MR) is 100 cm³/mol. The van der Waals surface area contributed by atoms with E-state index >= 15 is 0 Å². The number of ether oxygens (including phenoxy) is 1. The molecule has 1 fully saturated rings. The fourth-order valence-corrected chi connectivity index (χ4v) is 3.08. The third-order valence-corrected chi connectivity index (χ3v) is 4.41. The minimum Gasteiger partial charge on any atom is -0.492 e. The van der Waals surface area contributed by atoms with Crippen molar-refractivity contribution >= 4 is 11.7 Å². The van der Waals surface area contributed by atoms with Gasteiger partial charge in [-0.25, -0.2) is 9.18 Å². The van der Waals surface area contributed by atoms with Gasteiger partial charge in [0.25, 0.3) is 0 Å². The quantitative estimate of drug-likeness (QED) is 0.893. The molecule has 6 heteroatoms. The van der Waals surface area contributed by atoms with Gasteiger partial charge in [-0.15, -0.1) is 0 Å². The summed E-state index contributed by atoms with van der Waals surface area (Å²) in [6.45, 7) is 5.68. The van der Waals surface area contributed by atoms with Gasteiger partial charge >= 0.3 is 6.03 Å². The molecule has 0 aromatic heterocycles. The van der Waals surface area contributed by atoms with Crippen molar-refractivity contribution in [1.82, 2.24) is 10.2 Å². The van der Waals surface area contributed by atoms with Crippen molar-refractivity contribution in [3.8, 4) is 5.75 Å². The van der Waals surface area contributed by atoms with Crippen LogP contribution in [0.5, 0.6) is 5.75 Å². The number of carbonyl (C=O) groups excluding carboxylic acids is 1. The second kappa shape index (κ2) is 8.56. The number of anilines is 1. The van der Waals surface area contributed by atoms with E-state index in [-0.39, 0.29) is 11.8 Å². The first-order chi connectivity index (χ1) is 12.7. The average Bonchev–Trinajstić information content (AvgIpc) is 2.67. The Balaban J connectivity index is 1.52. The minimum absolute atomic E-state index is 0.119. The van der Waals surface area contributed by atoms with Gasteiger partial charge in [0, 0.05) is 32.7 Å². The second-order valence-electron chi connectivity index (χ2n) is 6.16. The number of hydrogen-bond donors (Lipinski definition) is 1. The fourth-order valence-electron chi connectivity index (χ4n) is 3.08. The number of piperazine rings is 1. The van der Waals surface area contributed by atoms with Gasteiger partial charge in [-0.1, -0.05) is 24.3 Å². The van der Waals surface area contributed by atoms with Crippen LogP contribution in [0.2, 0.25) is 0 Å². The van der Waals surface area contributed by atoms with Crippen molar-refractivity contribution in [2.24, 2.45) is 0 Å². The molecule has 0 radical (unpaired) electrons. The highest BCUT2D eigenvalue weighted by atomic mass is 19.1. The first kappa shape index (κ1) is 18.0. The highest BCUT2D eigenvalue weighted by Gasteiger charge is 2.22. The number of benzene rings is 2. The molecule has 2 aromatic rings. The number of nitrogens with one attached hydrogen (secondary N) is 1. The van der Waals surface area contributed by atoms with Crippen LogP contribution < -0.4 is 15.0 Å². The Morgan fingerprint density at radius 1 is 1.12 bits per heavy atom. The molecule has 1 saturated heterocycles. The van der Waals surface area contributed by atoms with E-state index in [0.717, 1.165) is 30.1 Å². The van der Waals surface area contributed by atoms with Gasteiger partial charge in [-0.05, 0) is 36.8 Å².